The van der Waals surface area contributed by atoms with Crippen molar-refractivity contribution in [2.24, 2.45) is 41.2 Å². The number of carbonyl (C=O) groups is 2. The van der Waals surface area contributed by atoms with Crippen LogP contribution in [0.15, 0.2) is 97.4 Å². The molecule has 0 spiro atoms. The monoisotopic (exact) mass is 1040 g/mol. The molecule has 11 heteroatoms. The molecule has 0 radical (unpaired) electrons. The van der Waals surface area contributed by atoms with E-state index in [2.05, 4.69) is 92.8 Å². The van der Waals surface area contributed by atoms with Crippen molar-refractivity contribution in [3.05, 3.63) is 120 Å². The van der Waals surface area contributed by atoms with Crippen LogP contribution in [0.5, 0.6) is 11.5 Å². The van der Waals surface area contributed by atoms with Crippen molar-refractivity contribution in [3.8, 4) is 11.5 Å². The average Bonchev–Trinajstić information content (AvgIpc) is 3.37. The van der Waals surface area contributed by atoms with Gasteiger partial charge in [0.2, 0.25) is 0 Å². The van der Waals surface area contributed by atoms with Gasteiger partial charge in [0.25, 0.3) is 0 Å². The summed E-state index contributed by atoms with van der Waals surface area (Å²) in [6, 6.07) is 24.6. The Morgan fingerprint density at radius 2 is 0.905 bits per heavy atom. The zero-order valence-electron chi connectivity index (χ0n) is 49.5. The fourth-order valence-corrected chi connectivity index (χ4v) is 8.09. The van der Waals surface area contributed by atoms with E-state index >= 15 is 0 Å². The van der Waals surface area contributed by atoms with Gasteiger partial charge >= 0.3 is 0 Å². The minimum atomic E-state index is -0.446. The molecule has 0 bridgehead atoms. The van der Waals surface area contributed by atoms with Gasteiger partial charge in [-0.2, -0.15) is 0 Å². The first-order chi connectivity index (χ1) is 33.5. The lowest BCUT2D eigenvalue weighted by Crippen LogP contribution is -2.33. The van der Waals surface area contributed by atoms with Crippen LogP contribution in [0, 0.1) is 63.2 Å². The predicted molar refractivity (Wildman–Crippen MR) is 320 cm³/mol. The molecule has 0 heterocycles. The first kappa shape index (κ1) is 83.6. The highest BCUT2D eigenvalue weighted by atomic mass is 16.5. The number of benzene rings is 3. The molecule has 0 saturated heterocycles. The Kier molecular flexibility index (Phi) is 62.0. The molecule has 0 amide bonds. The van der Waals surface area contributed by atoms with Crippen molar-refractivity contribution >= 4 is 12.6 Å². The SMILES string of the molecule is C=C(N)C1CCC(C(C)O)CC1C=O.C=C(O)C1CCC(C(C)O)C(C=O)C1.CC.CC.CCCCCCC.CCCCCCCC.Cc1ccc(C)cc1.Cc1ccc(Oc2ccc(C)cc2)cc1.N.O.O.O. The van der Waals surface area contributed by atoms with E-state index in [1.807, 2.05) is 76.2 Å². The number of allylic oxidation sites excluding steroid dienone is 2. The van der Waals surface area contributed by atoms with E-state index in [0.717, 1.165) is 56.2 Å². The number of aldehydes is 2. The molecule has 14 N–H and O–H groups in total. The van der Waals surface area contributed by atoms with Crippen molar-refractivity contribution in [2.75, 3.05) is 0 Å². The molecule has 8 atom stereocenters. The second-order valence-corrected chi connectivity index (χ2v) is 18.9. The Hall–Kier alpha value is -4.36. The maximum atomic E-state index is 10.9. The zero-order valence-corrected chi connectivity index (χ0v) is 49.5. The quantitative estimate of drug-likeness (QED) is 0.0492. The summed E-state index contributed by atoms with van der Waals surface area (Å²) in [4.78, 5) is 21.7. The number of carbonyl (C=O) groups excluding carboxylic acids is 2. The number of nitrogens with two attached hydrogens (primary N) is 1. The van der Waals surface area contributed by atoms with Crippen molar-refractivity contribution in [1.29, 1.82) is 0 Å². The van der Waals surface area contributed by atoms with Crippen LogP contribution in [-0.4, -0.2) is 56.5 Å². The fourth-order valence-electron chi connectivity index (χ4n) is 8.09. The molecule has 2 aliphatic rings. The number of aliphatic hydroxyl groups is 3. The molecule has 0 aromatic heterocycles. The molecular formula is C63H116N2O9. The van der Waals surface area contributed by atoms with E-state index in [0.29, 0.717) is 12.1 Å². The lowest BCUT2D eigenvalue weighted by Gasteiger charge is -2.34. The summed E-state index contributed by atoms with van der Waals surface area (Å²) in [5.41, 5.74) is 11.4. The Morgan fingerprint density at radius 3 is 1.19 bits per heavy atom. The van der Waals surface area contributed by atoms with Gasteiger partial charge in [0.1, 0.15) is 24.1 Å². The predicted octanol–water partition coefficient (Wildman–Crippen LogP) is 15.2. The Labute approximate surface area is 453 Å². The number of hydrogen-bond donors (Lipinski definition) is 5. The third kappa shape index (κ3) is 41.9. The van der Waals surface area contributed by atoms with E-state index in [1.54, 1.807) is 13.8 Å². The van der Waals surface area contributed by atoms with Gasteiger partial charge in [0.15, 0.2) is 0 Å². The molecule has 5 rings (SSSR count). The highest BCUT2D eigenvalue weighted by Crippen LogP contribution is 2.38. The summed E-state index contributed by atoms with van der Waals surface area (Å²) >= 11 is 0. The number of aliphatic hydroxyl groups excluding tert-OH is 3. The van der Waals surface area contributed by atoms with Gasteiger partial charge in [-0.1, -0.05) is 210 Å². The van der Waals surface area contributed by atoms with Crippen molar-refractivity contribution in [2.45, 2.75) is 218 Å². The third-order valence-corrected chi connectivity index (χ3v) is 12.7. The first-order valence-electron chi connectivity index (χ1n) is 27.4. The van der Waals surface area contributed by atoms with Crippen LogP contribution in [0.3, 0.4) is 0 Å². The van der Waals surface area contributed by atoms with Crippen LogP contribution in [0.25, 0.3) is 0 Å². The summed E-state index contributed by atoms with van der Waals surface area (Å²) in [6.45, 7) is 36.0. The van der Waals surface area contributed by atoms with E-state index in [1.165, 1.54) is 92.9 Å². The van der Waals surface area contributed by atoms with Gasteiger partial charge in [0.05, 0.1) is 18.0 Å². The van der Waals surface area contributed by atoms with E-state index in [4.69, 9.17) is 10.5 Å². The summed E-state index contributed by atoms with van der Waals surface area (Å²) in [5, 5.41) is 28.1. The van der Waals surface area contributed by atoms with E-state index in [9.17, 15) is 24.9 Å². The van der Waals surface area contributed by atoms with Crippen LogP contribution >= 0.6 is 0 Å². The normalized spacial score (nSPS) is 18.3. The van der Waals surface area contributed by atoms with Gasteiger partial charge in [0, 0.05) is 29.4 Å². The average molecular weight is 1050 g/mol. The van der Waals surface area contributed by atoms with Crippen molar-refractivity contribution in [3.63, 3.8) is 0 Å². The number of unbranched alkanes of at least 4 members (excludes halogenated alkanes) is 9. The Morgan fingerprint density at radius 1 is 0.568 bits per heavy atom. The van der Waals surface area contributed by atoms with Gasteiger partial charge in [-0.25, -0.2) is 0 Å². The van der Waals surface area contributed by atoms with Crippen LogP contribution in [0.2, 0.25) is 0 Å². The Bertz CT molecular complexity index is 1610. The maximum Gasteiger partial charge on any atom is 0.127 e. The van der Waals surface area contributed by atoms with E-state index in [-0.39, 0.29) is 69.9 Å². The second kappa shape index (κ2) is 54.9. The molecule has 2 fully saturated rings. The molecule has 0 aliphatic heterocycles. The third-order valence-electron chi connectivity index (χ3n) is 12.7. The largest absolute Gasteiger partial charge is 0.513 e. The number of ether oxygens (including phenoxy) is 1. The smallest absolute Gasteiger partial charge is 0.127 e. The lowest BCUT2D eigenvalue weighted by molar-refractivity contribution is -0.116. The number of rotatable bonds is 17. The first-order valence-corrected chi connectivity index (χ1v) is 27.4. The molecule has 2 saturated carbocycles. The molecule has 432 valence electrons. The summed E-state index contributed by atoms with van der Waals surface area (Å²) in [7, 11) is 0. The number of aryl methyl sites for hydroxylation is 4. The van der Waals surface area contributed by atoms with Crippen LogP contribution in [0.4, 0.5) is 0 Å². The summed E-state index contributed by atoms with van der Waals surface area (Å²) < 4.78 is 5.69. The number of hydrogen-bond acceptors (Lipinski definition) is 8. The molecule has 3 aromatic rings. The summed E-state index contributed by atoms with van der Waals surface area (Å²) in [6.07, 6.45) is 21.3. The van der Waals surface area contributed by atoms with Crippen molar-refractivity contribution < 1.29 is 46.1 Å². The van der Waals surface area contributed by atoms with Crippen LogP contribution in [0.1, 0.15) is 201 Å². The summed E-state index contributed by atoms with van der Waals surface area (Å²) in [5.74, 6) is 2.15. The minimum absolute atomic E-state index is 0. The van der Waals surface area contributed by atoms with E-state index < -0.39 is 6.10 Å². The standard InChI is InChI=1S/C14H14O.C11H19NO2.C11H18O3.C8H10.C8H18.C7H16.2C2H6.H3N.3H2O/c1-11-3-7-13(8-4-11)15-14-9-5-12(2)6-10-14;1-7(12)11-4-3-9(8(2)14)5-10(11)6-13;1-7(13)9-3-4-11(8(2)14)10(5-9)6-12;1-7-3-5-8(2)6-4-7;1-3-5-7-8-6-4-2;1-3-5-7-6-4-2;2*1-2;;;;/h3-10H,1-2H3;6,8-11,14H,1,3-5,12H2,2H3;6,8-11,13-14H,1,3-5H2,2H3;3-6H,1-2H3;3-8H2,1-2H3;3-7H2,1-2H3;2*1-2H3;1H3;3*1H2. The molecule has 8 unspecified atom stereocenters. The van der Waals surface area contributed by atoms with Gasteiger partial charge < -0.3 is 58.0 Å². The van der Waals surface area contributed by atoms with Crippen LogP contribution < -0.4 is 16.6 Å². The fraction of sp³-hybridized carbons (Fsp3) is 0.619. The lowest BCUT2D eigenvalue weighted by atomic mass is 9.72. The minimum Gasteiger partial charge on any atom is -0.513 e. The second-order valence-electron chi connectivity index (χ2n) is 18.9. The zero-order chi connectivity index (χ0) is 53.9. The Balaban J connectivity index is -0.000000145. The van der Waals surface area contributed by atoms with Gasteiger partial charge in [-0.15, -0.1) is 0 Å². The molecule has 3 aromatic carbocycles. The molecular weight excluding hydrogens is 929 g/mol. The van der Waals surface area contributed by atoms with Gasteiger partial charge in [-0.3, -0.25) is 0 Å². The van der Waals surface area contributed by atoms with Gasteiger partial charge in [-0.05, 0) is 116 Å². The highest BCUT2D eigenvalue weighted by Gasteiger charge is 2.34. The topological polar surface area (TPSA) is 260 Å². The van der Waals surface area contributed by atoms with Crippen LogP contribution in [-0.2, 0) is 9.59 Å². The van der Waals surface area contributed by atoms with Crippen molar-refractivity contribution in [1.82, 2.24) is 6.15 Å². The molecule has 11 nitrogen and oxygen atoms in total. The molecule has 74 heavy (non-hydrogen) atoms. The highest BCUT2D eigenvalue weighted by molar-refractivity contribution is 5.55. The maximum absolute atomic E-state index is 10.9. The molecule has 2 aliphatic carbocycles.